The predicted octanol–water partition coefficient (Wildman–Crippen LogP) is 1.67. The third kappa shape index (κ3) is 9.67. The molecule has 0 saturated carbocycles. The summed E-state index contributed by atoms with van der Waals surface area (Å²) in [5.74, 6) is 1.34. The first-order chi connectivity index (χ1) is 6.45. The van der Waals surface area contributed by atoms with Crippen molar-refractivity contribution in [1.29, 1.82) is 0 Å². The zero-order chi connectivity index (χ0) is 11.0. The molecule has 0 aromatic rings. The van der Waals surface area contributed by atoms with Crippen molar-refractivity contribution in [3.63, 3.8) is 0 Å². The smallest absolute Gasteiger partial charge is 0.407 e. The number of hydrogen-bond acceptors (Lipinski definition) is 3. The van der Waals surface area contributed by atoms with Crippen molar-refractivity contribution < 1.29 is 14.6 Å². The van der Waals surface area contributed by atoms with Crippen molar-refractivity contribution in [2.45, 2.75) is 26.4 Å². The second-order valence-electron chi connectivity index (χ2n) is 3.75. The lowest BCUT2D eigenvalue weighted by atomic mass is 10.2. The molecule has 1 N–H and O–H groups in total. The highest BCUT2D eigenvalue weighted by Crippen LogP contribution is 2.06. The molecule has 1 radical (unpaired) electrons. The van der Waals surface area contributed by atoms with Crippen LogP contribution in [0.4, 0.5) is 4.79 Å². The van der Waals surface area contributed by atoms with E-state index in [1.54, 1.807) is 0 Å². The molecule has 0 unspecified atom stereocenters. The summed E-state index contributed by atoms with van der Waals surface area (Å²) in [7, 11) is 0. The Morgan fingerprint density at radius 3 is 2.50 bits per heavy atom. The Kier molecular flexibility index (Phi) is 6.74. The molecule has 0 atom stereocenters. The van der Waals surface area contributed by atoms with E-state index in [1.165, 1.54) is 11.8 Å². The molecule has 0 aliphatic heterocycles. The lowest BCUT2D eigenvalue weighted by molar-refractivity contribution is 0.0531. The van der Waals surface area contributed by atoms with Crippen LogP contribution in [0, 0.1) is 0 Å². The highest BCUT2D eigenvalue weighted by molar-refractivity contribution is 7.99. The van der Waals surface area contributed by atoms with Crippen LogP contribution in [-0.2, 0) is 9.84 Å². The Bertz CT molecular complexity index is 168. The molecule has 14 heavy (non-hydrogen) atoms. The van der Waals surface area contributed by atoms with Crippen LogP contribution in [0.15, 0.2) is 0 Å². The largest absolute Gasteiger partial charge is 0.444 e. The summed E-state index contributed by atoms with van der Waals surface area (Å²) in [6.07, 6.45) is -0.403. The minimum absolute atomic E-state index is 0.0723. The average molecular weight is 220 g/mol. The Balaban J connectivity index is 3.36. The fourth-order valence-corrected chi connectivity index (χ4v) is 1.27. The van der Waals surface area contributed by atoms with Gasteiger partial charge in [0.15, 0.2) is 0 Å². The Morgan fingerprint density at radius 1 is 1.36 bits per heavy atom. The number of ether oxygens (including phenoxy) is 1. The van der Waals surface area contributed by atoms with E-state index in [0.717, 1.165) is 5.75 Å². The molecule has 0 bridgehead atoms. The number of hydrogen-bond donors (Lipinski definition) is 1. The van der Waals surface area contributed by atoms with Crippen molar-refractivity contribution >= 4 is 17.9 Å². The van der Waals surface area contributed by atoms with Gasteiger partial charge >= 0.3 is 6.09 Å². The summed E-state index contributed by atoms with van der Waals surface area (Å²) in [4.78, 5) is 11.1. The Labute approximate surface area is 89.4 Å². The van der Waals surface area contributed by atoms with Gasteiger partial charge in [-0.15, -0.1) is 0 Å². The number of rotatable bonds is 5. The van der Waals surface area contributed by atoms with Gasteiger partial charge in [0.25, 0.3) is 0 Å². The van der Waals surface area contributed by atoms with E-state index in [0.29, 0.717) is 12.3 Å². The first kappa shape index (κ1) is 13.6. The average Bonchev–Trinajstić information content (AvgIpc) is 2.00. The van der Waals surface area contributed by atoms with E-state index in [4.69, 9.17) is 4.74 Å². The molecule has 0 aromatic heterocycles. The van der Waals surface area contributed by atoms with Crippen LogP contribution in [0.25, 0.3) is 0 Å². The molecule has 83 valence electrons. The molecule has 0 aliphatic carbocycles. The van der Waals surface area contributed by atoms with Gasteiger partial charge in [-0.3, -0.25) is 0 Å². The molecule has 4 nitrogen and oxygen atoms in total. The van der Waals surface area contributed by atoms with Gasteiger partial charge in [-0.2, -0.15) is 11.8 Å². The first-order valence-corrected chi connectivity index (χ1v) is 5.74. The Hall–Kier alpha value is -0.420. The van der Waals surface area contributed by atoms with Gasteiger partial charge in [0, 0.05) is 18.1 Å². The molecule has 0 heterocycles. The van der Waals surface area contributed by atoms with E-state index in [2.05, 4.69) is 5.32 Å². The Morgan fingerprint density at radius 2 is 2.00 bits per heavy atom. The fraction of sp³-hybridized carbons (Fsp3) is 0.889. The number of nitrogens with one attached hydrogen (secondary N) is 1. The van der Waals surface area contributed by atoms with Crippen LogP contribution in [-0.4, -0.2) is 36.4 Å². The number of carbonyl (C=O) groups is 1. The molecule has 1 amide bonds. The first-order valence-electron chi connectivity index (χ1n) is 4.58. The minimum Gasteiger partial charge on any atom is -0.444 e. The zero-order valence-corrected chi connectivity index (χ0v) is 9.78. The second-order valence-corrected chi connectivity index (χ2v) is 4.97. The fourth-order valence-electron chi connectivity index (χ4n) is 0.700. The van der Waals surface area contributed by atoms with Crippen molar-refractivity contribution in [1.82, 2.24) is 5.32 Å². The summed E-state index contributed by atoms with van der Waals surface area (Å²) >= 11 is 1.53. The standard InChI is InChI=1S/C9H18NO3S/c1-9(2,3)13-8(12)10-4-6-14-7-5-11/h4-7H2,1-3H3,(H,10,12). The van der Waals surface area contributed by atoms with Crippen molar-refractivity contribution in [2.75, 3.05) is 24.7 Å². The van der Waals surface area contributed by atoms with E-state index in [9.17, 15) is 9.90 Å². The van der Waals surface area contributed by atoms with Gasteiger partial charge in [0.05, 0.1) is 6.61 Å². The van der Waals surface area contributed by atoms with Crippen LogP contribution in [0.5, 0.6) is 0 Å². The van der Waals surface area contributed by atoms with Gasteiger partial charge in [-0.05, 0) is 20.8 Å². The number of carbonyl (C=O) groups excluding carboxylic acids is 1. The molecule has 0 saturated heterocycles. The molecular weight excluding hydrogens is 202 g/mol. The highest BCUT2D eigenvalue weighted by atomic mass is 32.2. The minimum atomic E-state index is -0.452. The molecule has 0 rings (SSSR count). The topological polar surface area (TPSA) is 58.2 Å². The van der Waals surface area contributed by atoms with Crippen LogP contribution >= 0.6 is 11.8 Å². The quantitative estimate of drug-likeness (QED) is 0.717. The van der Waals surface area contributed by atoms with Crippen LogP contribution in [0.1, 0.15) is 20.8 Å². The molecule has 0 aromatic carbocycles. The maximum Gasteiger partial charge on any atom is 0.407 e. The monoisotopic (exact) mass is 220 g/mol. The van der Waals surface area contributed by atoms with Gasteiger partial charge in [0.2, 0.25) is 0 Å². The molecule has 0 spiro atoms. The number of thioether (sulfide) groups is 1. The zero-order valence-electron chi connectivity index (χ0n) is 8.96. The van der Waals surface area contributed by atoms with Gasteiger partial charge in [0.1, 0.15) is 5.60 Å². The molecule has 0 aliphatic rings. The summed E-state index contributed by atoms with van der Waals surface area (Å²) in [6.45, 7) is 5.92. The van der Waals surface area contributed by atoms with E-state index < -0.39 is 11.7 Å². The highest BCUT2D eigenvalue weighted by Gasteiger charge is 2.15. The third-order valence-electron chi connectivity index (χ3n) is 1.14. The molecule has 0 fully saturated rings. The predicted molar refractivity (Wildman–Crippen MR) is 57.1 cm³/mol. The van der Waals surface area contributed by atoms with E-state index in [-0.39, 0.29) is 6.61 Å². The summed E-state index contributed by atoms with van der Waals surface area (Å²) < 4.78 is 5.02. The summed E-state index contributed by atoms with van der Waals surface area (Å²) in [6, 6.07) is 0. The van der Waals surface area contributed by atoms with Crippen molar-refractivity contribution in [3.05, 3.63) is 0 Å². The van der Waals surface area contributed by atoms with Gasteiger partial charge < -0.3 is 10.1 Å². The second kappa shape index (κ2) is 6.95. The van der Waals surface area contributed by atoms with E-state index in [1.807, 2.05) is 20.8 Å². The summed E-state index contributed by atoms with van der Waals surface area (Å²) in [5, 5.41) is 12.7. The maximum absolute atomic E-state index is 11.1. The number of amides is 1. The van der Waals surface area contributed by atoms with E-state index >= 15 is 0 Å². The normalized spacial score (nSPS) is 11.1. The molecular formula is C9H18NO3S. The van der Waals surface area contributed by atoms with Crippen molar-refractivity contribution in [3.8, 4) is 0 Å². The maximum atomic E-state index is 11.1. The van der Waals surface area contributed by atoms with Crippen molar-refractivity contribution in [2.24, 2.45) is 0 Å². The summed E-state index contributed by atoms with van der Waals surface area (Å²) in [5.41, 5.74) is -0.452. The third-order valence-corrected chi connectivity index (χ3v) is 2.09. The van der Waals surface area contributed by atoms with Gasteiger partial charge in [-0.1, -0.05) is 0 Å². The SMILES string of the molecule is CC(C)(C)OC(=O)NCCSCC[O]. The van der Waals surface area contributed by atoms with Gasteiger partial charge in [-0.25, -0.2) is 9.90 Å². The number of alkyl carbamates (subject to hydrolysis) is 1. The van der Waals surface area contributed by atoms with Crippen LogP contribution in [0.2, 0.25) is 0 Å². The lowest BCUT2D eigenvalue weighted by Crippen LogP contribution is -2.33. The van der Waals surface area contributed by atoms with Crippen LogP contribution in [0.3, 0.4) is 0 Å². The molecule has 5 heteroatoms. The van der Waals surface area contributed by atoms with Crippen LogP contribution < -0.4 is 5.32 Å². The lowest BCUT2D eigenvalue weighted by Gasteiger charge is -2.19.